The average molecular weight is 260 g/mol. The van der Waals surface area contributed by atoms with Gasteiger partial charge in [-0.15, -0.1) is 0 Å². The lowest BCUT2D eigenvalue weighted by atomic mass is 9.62. The number of rotatable bonds is 6. The van der Waals surface area contributed by atoms with Crippen LogP contribution in [0.5, 0.6) is 0 Å². The molecular formula is C17H28N2. The van der Waals surface area contributed by atoms with Gasteiger partial charge >= 0.3 is 0 Å². The van der Waals surface area contributed by atoms with E-state index in [0.717, 1.165) is 6.54 Å². The molecule has 1 fully saturated rings. The molecule has 1 aliphatic carbocycles. The molecule has 0 aliphatic heterocycles. The summed E-state index contributed by atoms with van der Waals surface area (Å²) >= 11 is 0. The first-order valence-corrected chi connectivity index (χ1v) is 7.63. The molecule has 2 atom stereocenters. The van der Waals surface area contributed by atoms with Crippen molar-refractivity contribution < 1.29 is 0 Å². The molecule has 1 aliphatic rings. The summed E-state index contributed by atoms with van der Waals surface area (Å²) in [5.41, 5.74) is 9.54. The largest absolute Gasteiger partial charge is 0.323 e. The molecule has 106 valence electrons. The van der Waals surface area contributed by atoms with Gasteiger partial charge in [-0.05, 0) is 43.4 Å². The van der Waals surface area contributed by atoms with Crippen LogP contribution in [0.25, 0.3) is 0 Å². The van der Waals surface area contributed by atoms with Crippen LogP contribution >= 0.6 is 0 Å². The van der Waals surface area contributed by atoms with Gasteiger partial charge in [-0.2, -0.15) is 0 Å². The third-order valence-electron chi connectivity index (χ3n) is 5.01. The Morgan fingerprint density at radius 3 is 2.21 bits per heavy atom. The third-order valence-corrected chi connectivity index (χ3v) is 5.01. The highest BCUT2D eigenvalue weighted by Gasteiger charge is 2.42. The first kappa shape index (κ1) is 14.5. The lowest BCUT2D eigenvalue weighted by Crippen LogP contribution is -2.46. The van der Waals surface area contributed by atoms with Crippen molar-refractivity contribution in [3.8, 4) is 0 Å². The average Bonchev–Trinajstić information content (AvgIpc) is 2.41. The topological polar surface area (TPSA) is 38.0 Å². The fraction of sp³-hybridized carbons (Fsp3) is 0.647. The van der Waals surface area contributed by atoms with Crippen LogP contribution in [-0.4, -0.2) is 13.6 Å². The van der Waals surface area contributed by atoms with Gasteiger partial charge < -0.3 is 11.1 Å². The van der Waals surface area contributed by atoms with Crippen molar-refractivity contribution >= 4 is 0 Å². The Morgan fingerprint density at radius 1 is 1.21 bits per heavy atom. The summed E-state index contributed by atoms with van der Waals surface area (Å²) in [5, 5.41) is 3.32. The van der Waals surface area contributed by atoms with Crippen LogP contribution in [0, 0.1) is 5.41 Å². The molecule has 2 unspecified atom stereocenters. The van der Waals surface area contributed by atoms with Gasteiger partial charge in [0.05, 0.1) is 0 Å². The summed E-state index contributed by atoms with van der Waals surface area (Å²) in [6.45, 7) is 5.55. The van der Waals surface area contributed by atoms with E-state index in [9.17, 15) is 0 Å². The molecule has 0 amide bonds. The normalized spacial score (nSPS) is 20.6. The maximum Gasteiger partial charge on any atom is 0.0364 e. The van der Waals surface area contributed by atoms with E-state index in [4.69, 9.17) is 5.73 Å². The van der Waals surface area contributed by atoms with E-state index in [1.807, 2.05) is 7.05 Å². The molecule has 0 heterocycles. The Bertz CT molecular complexity index is 392. The SMILES string of the molecule is CCC(C)c1ccc(C(N)C2(CNC)CCC2)cc1. The van der Waals surface area contributed by atoms with Crippen molar-refractivity contribution in [2.75, 3.05) is 13.6 Å². The lowest BCUT2D eigenvalue weighted by molar-refractivity contribution is 0.0947. The van der Waals surface area contributed by atoms with Crippen molar-refractivity contribution in [2.45, 2.75) is 51.5 Å². The molecule has 1 saturated carbocycles. The lowest BCUT2D eigenvalue weighted by Gasteiger charge is -2.46. The van der Waals surface area contributed by atoms with E-state index in [1.165, 1.54) is 36.8 Å². The Hall–Kier alpha value is -0.860. The zero-order chi connectivity index (χ0) is 13.9. The number of hydrogen-bond donors (Lipinski definition) is 2. The molecule has 0 aromatic heterocycles. The summed E-state index contributed by atoms with van der Waals surface area (Å²) in [4.78, 5) is 0. The fourth-order valence-electron chi connectivity index (χ4n) is 3.20. The van der Waals surface area contributed by atoms with Gasteiger partial charge in [0.15, 0.2) is 0 Å². The summed E-state index contributed by atoms with van der Waals surface area (Å²) in [6.07, 6.45) is 5.01. The molecule has 1 aromatic carbocycles. The Balaban J connectivity index is 2.13. The molecule has 0 bridgehead atoms. The van der Waals surface area contributed by atoms with E-state index in [-0.39, 0.29) is 11.5 Å². The van der Waals surface area contributed by atoms with Crippen LogP contribution in [0.15, 0.2) is 24.3 Å². The summed E-state index contributed by atoms with van der Waals surface area (Å²) < 4.78 is 0. The first-order valence-electron chi connectivity index (χ1n) is 7.63. The van der Waals surface area contributed by atoms with Gasteiger partial charge in [0.2, 0.25) is 0 Å². The smallest absolute Gasteiger partial charge is 0.0364 e. The molecule has 0 saturated heterocycles. The van der Waals surface area contributed by atoms with Crippen LogP contribution in [0.1, 0.15) is 62.6 Å². The molecule has 0 radical (unpaired) electrons. The third kappa shape index (κ3) is 2.85. The van der Waals surface area contributed by atoms with Gasteiger partial charge in [0, 0.05) is 18.0 Å². The van der Waals surface area contributed by atoms with Gasteiger partial charge in [0.25, 0.3) is 0 Å². The molecule has 2 heteroatoms. The molecule has 1 aromatic rings. The molecule has 19 heavy (non-hydrogen) atoms. The van der Waals surface area contributed by atoms with Gasteiger partial charge in [-0.25, -0.2) is 0 Å². The van der Waals surface area contributed by atoms with Crippen LogP contribution in [0.2, 0.25) is 0 Å². The highest BCUT2D eigenvalue weighted by Crippen LogP contribution is 2.48. The molecule has 2 nitrogen and oxygen atoms in total. The van der Waals surface area contributed by atoms with Crippen LogP contribution < -0.4 is 11.1 Å². The number of benzene rings is 1. The number of nitrogens with one attached hydrogen (secondary N) is 1. The zero-order valence-corrected chi connectivity index (χ0v) is 12.6. The van der Waals surface area contributed by atoms with Crippen molar-refractivity contribution in [2.24, 2.45) is 11.1 Å². The van der Waals surface area contributed by atoms with Crippen LogP contribution in [0.4, 0.5) is 0 Å². The molecule has 3 N–H and O–H groups in total. The quantitative estimate of drug-likeness (QED) is 0.820. The van der Waals surface area contributed by atoms with E-state index < -0.39 is 0 Å². The van der Waals surface area contributed by atoms with Crippen molar-refractivity contribution in [3.05, 3.63) is 35.4 Å². The van der Waals surface area contributed by atoms with Gasteiger partial charge in [-0.3, -0.25) is 0 Å². The predicted octanol–water partition coefficient (Wildman–Crippen LogP) is 3.59. The van der Waals surface area contributed by atoms with Crippen LogP contribution in [-0.2, 0) is 0 Å². The van der Waals surface area contributed by atoms with E-state index in [2.05, 4.69) is 43.4 Å². The monoisotopic (exact) mass is 260 g/mol. The van der Waals surface area contributed by atoms with Gasteiger partial charge in [-0.1, -0.05) is 44.5 Å². The van der Waals surface area contributed by atoms with Crippen molar-refractivity contribution in [1.29, 1.82) is 0 Å². The maximum atomic E-state index is 6.54. The predicted molar refractivity (Wildman–Crippen MR) is 82.3 cm³/mol. The van der Waals surface area contributed by atoms with E-state index in [0.29, 0.717) is 5.92 Å². The summed E-state index contributed by atoms with van der Waals surface area (Å²) in [5.74, 6) is 0.639. The van der Waals surface area contributed by atoms with Crippen molar-refractivity contribution in [3.63, 3.8) is 0 Å². The molecule has 2 rings (SSSR count). The first-order chi connectivity index (χ1) is 9.13. The standard InChI is InChI=1S/C17H28N2/c1-4-13(2)14-6-8-15(9-7-14)16(18)17(12-19-3)10-5-11-17/h6-9,13,16,19H,4-5,10-12,18H2,1-3H3. The Labute approximate surface area is 117 Å². The Morgan fingerprint density at radius 2 is 1.79 bits per heavy atom. The second-order valence-electron chi connectivity index (χ2n) is 6.20. The molecule has 0 spiro atoms. The number of hydrogen-bond acceptors (Lipinski definition) is 2. The highest BCUT2D eigenvalue weighted by atomic mass is 14.9. The fourth-order valence-corrected chi connectivity index (χ4v) is 3.20. The Kier molecular flexibility index (Phi) is 4.64. The summed E-state index contributed by atoms with van der Waals surface area (Å²) in [6, 6.07) is 9.16. The highest BCUT2D eigenvalue weighted by molar-refractivity contribution is 5.29. The number of nitrogens with two attached hydrogens (primary N) is 1. The zero-order valence-electron chi connectivity index (χ0n) is 12.6. The van der Waals surface area contributed by atoms with Gasteiger partial charge in [0.1, 0.15) is 0 Å². The van der Waals surface area contributed by atoms with Crippen LogP contribution in [0.3, 0.4) is 0 Å². The summed E-state index contributed by atoms with van der Waals surface area (Å²) in [7, 11) is 2.03. The second-order valence-corrected chi connectivity index (χ2v) is 6.20. The minimum atomic E-state index is 0.166. The van der Waals surface area contributed by atoms with Crippen molar-refractivity contribution in [1.82, 2.24) is 5.32 Å². The van der Waals surface area contributed by atoms with E-state index in [1.54, 1.807) is 0 Å². The minimum absolute atomic E-state index is 0.166. The second kappa shape index (κ2) is 6.06. The minimum Gasteiger partial charge on any atom is -0.323 e. The van der Waals surface area contributed by atoms with E-state index >= 15 is 0 Å². The molecular weight excluding hydrogens is 232 g/mol. The maximum absolute atomic E-state index is 6.54.